The molecular formula is C15H18F3NO. The third kappa shape index (κ3) is 2.33. The standard InChI is InChI=1S/C15H18F3NO/c16-15(17,18)11-3-1-2-10(6-11)7-14(9-19)8-12-4-5-13(14)20-12/h1-3,6,12-13H,4-5,7-9,19H2. The van der Waals surface area contributed by atoms with Crippen LogP contribution >= 0.6 is 0 Å². The van der Waals surface area contributed by atoms with Crippen molar-refractivity contribution < 1.29 is 17.9 Å². The van der Waals surface area contributed by atoms with E-state index in [-0.39, 0.29) is 17.6 Å². The first-order chi connectivity index (χ1) is 9.43. The highest BCUT2D eigenvalue weighted by atomic mass is 19.4. The van der Waals surface area contributed by atoms with Crippen molar-refractivity contribution in [1.82, 2.24) is 0 Å². The van der Waals surface area contributed by atoms with Gasteiger partial charge in [0, 0.05) is 12.0 Å². The first-order valence-electron chi connectivity index (χ1n) is 6.95. The molecule has 2 heterocycles. The second-order valence-corrected chi connectivity index (χ2v) is 5.97. The molecule has 0 saturated carbocycles. The summed E-state index contributed by atoms with van der Waals surface area (Å²) in [5.41, 5.74) is 5.84. The van der Waals surface area contributed by atoms with Crippen LogP contribution in [-0.4, -0.2) is 18.8 Å². The van der Waals surface area contributed by atoms with E-state index >= 15 is 0 Å². The molecule has 0 spiro atoms. The van der Waals surface area contributed by atoms with E-state index < -0.39 is 11.7 Å². The summed E-state index contributed by atoms with van der Waals surface area (Å²) in [4.78, 5) is 0. The molecule has 3 unspecified atom stereocenters. The molecule has 2 fully saturated rings. The van der Waals surface area contributed by atoms with Gasteiger partial charge < -0.3 is 10.5 Å². The molecule has 3 atom stereocenters. The molecule has 0 aliphatic carbocycles. The third-order valence-electron chi connectivity index (χ3n) is 4.64. The van der Waals surface area contributed by atoms with Gasteiger partial charge in [-0.25, -0.2) is 0 Å². The van der Waals surface area contributed by atoms with E-state index in [1.54, 1.807) is 6.07 Å². The van der Waals surface area contributed by atoms with E-state index in [0.29, 0.717) is 18.5 Å². The van der Waals surface area contributed by atoms with E-state index in [4.69, 9.17) is 10.5 Å². The molecule has 1 aromatic carbocycles. The molecule has 3 rings (SSSR count). The molecule has 0 radical (unpaired) electrons. The highest BCUT2D eigenvalue weighted by Gasteiger charge is 2.51. The zero-order valence-corrected chi connectivity index (χ0v) is 11.1. The number of benzene rings is 1. The maximum Gasteiger partial charge on any atom is 0.416 e. The highest BCUT2D eigenvalue weighted by Crippen LogP contribution is 2.49. The predicted octanol–water partition coefficient (Wildman–Crippen LogP) is 3.14. The molecule has 2 bridgehead atoms. The van der Waals surface area contributed by atoms with Gasteiger partial charge in [0.1, 0.15) is 0 Å². The van der Waals surface area contributed by atoms with Gasteiger partial charge >= 0.3 is 6.18 Å². The van der Waals surface area contributed by atoms with E-state index in [1.165, 1.54) is 12.1 Å². The Bertz CT molecular complexity index is 502. The largest absolute Gasteiger partial charge is 0.416 e. The van der Waals surface area contributed by atoms with E-state index in [0.717, 1.165) is 25.3 Å². The Kier molecular flexibility index (Phi) is 3.29. The monoisotopic (exact) mass is 285 g/mol. The molecule has 5 heteroatoms. The summed E-state index contributed by atoms with van der Waals surface area (Å²) in [7, 11) is 0. The summed E-state index contributed by atoms with van der Waals surface area (Å²) in [5.74, 6) is 0. The van der Waals surface area contributed by atoms with Crippen LogP contribution < -0.4 is 5.73 Å². The van der Waals surface area contributed by atoms with Crippen LogP contribution in [0, 0.1) is 5.41 Å². The average Bonchev–Trinajstić information content (AvgIpc) is 2.99. The molecule has 110 valence electrons. The summed E-state index contributed by atoms with van der Waals surface area (Å²) in [5, 5.41) is 0. The summed E-state index contributed by atoms with van der Waals surface area (Å²) >= 11 is 0. The molecule has 1 aromatic rings. The van der Waals surface area contributed by atoms with Crippen LogP contribution in [0.15, 0.2) is 24.3 Å². The molecule has 2 aliphatic rings. The number of halogens is 3. The fourth-order valence-corrected chi connectivity index (χ4v) is 3.63. The molecule has 2 nitrogen and oxygen atoms in total. The SMILES string of the molecule is NCC1(Cc2cccc(C(F)(F)F)c2)CC2CCC1O2. The van der Waals surface area contributed by atoms with Gasteiger partial charge in [0.2, 0.25) is 0 Å². The quantitative estimate of drug-likeness (QED) is 0.926. The van der Waals surface area contributed by atoms with Gasteiger partial charge in [0.25, 0.3) is 0 Å². The van der Waals surface area contributed by atoms with Crippen molar-refractivity contribution in [2.75, 3.05) is 6.54 Å². The maximum absolute atomic E-state index is 12.8. The molecule has 0 aromatic heterocycles. The van der Waals surface area contributed by atoms with E-state index in [9.17, 15) is 13.2 Å². The molecular weight excluding hydrogens is 267 g/mol. The van der Waals surface area contributed by atoms with Gasteiger partial charge in [-0.3, -0.25) is 0 Å². The number of rotatable bonds is 3. The van der Waals surface area contributed by atoms with Crippen molar-refractivity contribution in [3.05, 3.63) is 35.4 Å². The lowest BCUT2D eigenvalue weighted by Crippen LogP contribution is -2.41. The lowest BCUT2D eigenvalue weighted by Gasteiger charge is -2.34. The van der Waals surface area contributed by atoms with Crippen LogP contribution in [0.2, 0.25) is 0 Å². The van der Waals surface area contributed by atoms with Crippen LogP contribution in [0.1, 0.15) is 30.4 Å². The van der Waals surface area contributed by atoms with Crippen molar-refractivity contribution in [3.63, 3.8) is 0 Å². The van der Waals surface area contributed by atoms with Gasteiger partial charge in [-0.2, -0.15) is 13.2 Å². The van der Waals surface area contributed by atoms with Crippen LogP contribution in [-0.2, 0) is 17.3 Å². The molecule has 2 saturated heterocycles. The minimum Gasteiger partial charge on any atom is -0.374 e. The Morgan fingerprint density at radius 1 is 1.30 bits per heavy atom. The summed E-state index contributed by atoms with van der Waals surface area (Å²) in [6.07, 6.45) is -0.493. The molecule has 2 N–H and O–H groups in total. The highest BCUT2D eigenvalue weighted by molar-refractivity contribution is 5.27. The zero-order valence-electron chi connectivity index (χ0n) is 11.1. The van der Waals surface area contributed by atoms with Crippen molar-refractivity contribution in [2.45, 2.75) is 44.1 Å². The number of fused-ring (bicyclic) bond motifs is 2. The smallest absolute Gasteiger partial charge is 0.374 e. The first kappa shape index (κ1) is 13.9. The summed E-state index contributed by atoms with van der Waals surface area (Å²) in [6.45, 7) is 0.463. The number of alkyl halides is 3. The number of ether oxygens (including phenoxy) is 1. The molecule has 20 heavy (non-hydrogen) atoms. The van der Waals surface area contributed by atoms with Crippen molar-refractivity contribution in [1.29, 1.82) is 0 Å². The van der Waals surface area contributed by atoms with Crippen LogP contribution in [0.5, 0.6) is 0 Å². The van der Waals surface area contributed by atoms with Gasteiger partial charge in [0.05, 0.1) is 17.8 Å². The van der Waals surface area contributed by atoms with E-state index in [2.05, 4.69) is 0 Å². The Morgan fingerprint density at radius 2 is 2.10 bits per heavy atom. The minimum absolute atomic E-state index is 0.104. The minimum atomic E-state index is -4.29. The second kappa shape index (κ2) is 4.74. The Hall–Kier alpha value is -1.07. The van der Waals surface area contributed by atoms with Gasteiger partial charge in [-0.05, 0) is 37.3 Å². The number of nitrogens with two attached hydrogens (primary N) is 1. The van der Waals surface area contributed by atoms with Crippen LogP contribution in [0.3, 0.4) is 0 Å². The van der Waals surface area contributed by atoms with E-state index in [1.807, 2.05) is 0 Å². The second-order valence-electron chi connectivity index (χ2n) is 5.97. The Labute approximate surface area is 116 Å². The Morgan fingerprint density at radius 3 is 2.65 bits per heavy atom. The summed E-state index contributed by atoms with van der Waals surface area (Å²) < 4.78 is 44.1. The zero-order chi connectivity index (χ0) is 14.4. The van der Waals surface area contributed by atoms with Crippen molar-refractivity contribution >= 4 is 0 Å². The van der Waals surface area contributed by atoms with Crippen LogP contribution in [0.25, 0.3) is 0 Å². The topological polar surface area (TPSA) is 35.2 Å². The number of hydrogen-bond acceptors (Lipinski definition) is 2. The normalized spacial score (nSPS) is 32.8. The van der Waals surface area contributed by atoms with Gasteiger partial charge in [-0.15, -0.1) is 0 Å². The van der Waals surface area contributed by atoms with Gasteiger partial charge in [0.15, 0.2) is 0 Å². The number of hydrogen-bond donors (Lipinski definition) is 1. The average molecular weight is 285 g/mol. The fraction of sp³-hybridized carbons (Fsp3) is 0.600. The Balaban J connectivity index is 1.84. The summed E-state index contributed by atoms with van der Waals surface area (Å²) in [6, 6.07) is 5.56. The van der Waals surface area contributed by atoms with Crippen LogP contribution in [0.4, 0.5) is 13.2 Å². The first-order valence-corrected chi connectivity index (χ1v) is 6.95. The van der Waals surface area contributed by atoms with Crippen molar-refractivity contribution in [2.24, 2.45) is 11.1 Å². The van der Waals surface area contributed by atoms with Gasteiger partial charge in [-0.1, -0.05) is 18.2 Å². The molecule has 0 amide bonds. The predicted molar refractivity (Wildman–Crippen MR) is 69.1 cm³/mol. The lowest BCUT2D eigenvalue weighted by atomic mass is 9.70. The maximum atomic E-state index is 12.8. The lowest BCUT2D eigenvalue weighted by molar-refractivity contribution is -0.137. The fourth-order valence-electron chi connectivity index (χ4n) is 3.63. The third-order valence-corrected chi connectivity index (χ3v) is 4.64. The van der Waals surface area contributed by atoms with Crippen molar-refractivity contribution in [3.8, 4) is 0 Å². The molecule has 2 aliphatic heterocycles.